The number of carbonyl (C=O) groups excluding carboxylic acids is 2. The minimum absolute atomic E-state index is 0.520. The summed E-state index contributed by atoms with van der Waals surface area (Å²) in [5.74, 6) is -1.31. The van der Waals surface area contributed by atoms with E-state index in [1.165, 1.54) is 0 Å². The number of aliphatic hydroxyl groups excluding tert-OH is 4. The lowest BCUT2D eigenvalue weighted by Crippen LogP contribution is -2.47. The third kappa shape index (κ3) is 6.50. The zero-order valence-electron chi connectivity index (χ0n) is 10.1. The third-order valence-electron chi connectivity index (χ3n) is 2.05. The van der Waals surface area contributed by atoms with Crippen molar-refractivity contribution in [3.8, 4) is 0 Å². The van der Waals surface area contributed by atoms with Crippen LogP contribution in [0.15, 0.2) is 0 Å². The van der Waals surface area contributed by atoms with Crippen molar-refractivity contribution in [2.24, 2.45) is 0 Å². The summed E-state index contributed by atoms with van der Waals surface area (Å²) in [4.78, 5) is 20.9. The van der Waals surface area contributed by atoms with Crippen LogP contribution in [-0.2, 0) is 19.1 Å². The highest BCUT2D eigenvalue weighted by atomic mass is 16.5. The molecule has 8 heteroatoms. The van der Waals surface area contributed by atoms with Crippen LogP contribution in [0.5, 0.6) is 0 Å². The lowest BCUT2D eigenvalue weighted by atomic mass is 10.0. The molecule has 0 aliphatic rings. The summed E-state index contributed by atoms with van der Waals surface area (Å²) in [6.07, 6.45) is -6.60. The lowest BCUT2D eigenvalue weighted by Gasteiger charge is -2.25. The van der Waals surface area contributed by atoms with E-state index in [1.807, 2.05) is 0 Å². The van der Waals surface area contributed by atoms with Gasteiger partial charge in [0.1, 0.15) is 37.6 Å². The van der Waals surface area contributed by atoms with Crippen LogP contribution in [0.1, 0.15) is 13.8 Å². The van der Waals surface area contributed by atoms with Crippen molar-refractivity contribution in [2.45, 2.75) is 38.3 Å². The molecule has 18 heavy (non-hydrogen) atoms. The molecule has 8 nitrogen and oxygen atoms in total. The maximum atomic E-state index is 10.5. The molecule has 0 spiro atoms. The van der Waals surface area contributed by atoms with E-state index < -0.39 is 49.6 Å². The van der Waals surface area contributed by atoms with Crippen LogP contribution < -0.4 is 0 Å². The number of rotatable bonds is 7. The molecule has 0 radical (unpaired) electrons. The first-order valence-electron chi connectivity index (χ1n) is 5.24. The Bertz CT molecular complexity index is 251. The molecule has 4 N–H and O–H groups in total. The van der Waals surface area contributed by atoms with Gasteiger partial charge in [0.05, 0.1) is 0 Å². The molecule has 0 aliphatic carbocycles. The molecule has 0 aromatic rings. The second-order valence-electron chi connectivity index (χ2n) is 3.72. The molecular weight excluding hydrogens is 248 g/mol. The van der Waals surface area contributed by atoms with Gasteiger partial charge in [-0.1, -0.05) is 0 Å². The summed E-state index contributed by atoms with van der Waals surface area (Å²) in [6, 6.07) is 0. The quantitative estimate of drug-likeness (QED) is 0.373. The van der Waals surface area contributed by atoms with Gasteiger partial charge in [-0.3, -0.25) is 9.59 Å². The molecule has 0 aliphatic heterocycles. The van der Waals surface area contributed by atoms with E-state index in [4.69, 9.17) is 0 Å². The Morgan fingerprint density at radius 2 is 1.11 bits per heavy atom. The molecule has 0 unspecified atom stereocenters. The molecule has 0 saturated heterocycles. The van der Waals surface area contributed by atoms with Gasteiger partial charge in [-0.05, 0) is 0 Å². The SMILES string of the molecule is CC(=O)OC[C@@H](O)[C@H](O)[C@@H](O)[C@@H](O)COC(C)=O. The average molecular weight is 266 g/mol. The number of hydrogen-bond donors (Lipinski definition) is 4. The fraction of sp³-hybridized carbons (Fsp3) is 0.800. The van der Waals surface area contributed by atoms with E-state index >= 15 is 0 Å². The molecule has 0 saturated carbocycles. The molecule has 0 heterocycles. The van der Waals surface area contributed by atoms with Gasteiger partial charge in [-0.15, -0.1) is 0 Å². The molecular formula is C10H18O8. The number of aliphatic hydroxyl groups is 4. The van der Waals surface area contributed by atoms with Crippen LogP contribution in [0.2, 0.25) is 0 Å². The Balaban J connectivity index is 4.16. The topological polar surface area (TPSA) is 134 Å². The first-order chi connectivity index (χ1) is 8.25. The van der Waals surface area contributed by atoms with Crippen LogP contribution in [-0.4, -0.2) is 70.0 Å². The third-order valence-corrected chi connectivity index (χ3v) is 2.05. The normalized spacial score (nSPS) is 17.4. The van der Waals surface area contributed by atoms with Gasteiger partial charge in [0.2, 0.25) is 0 Å². The van der Waals surface area contributed by atoms with Crippen molar-refractivity contribution in [3.05, 3.63) is 0 Å². The standard InChI is InChI=1S/C10H18O8/c1-5(11)17-3-7(13)9(15)10(16)8(14)4-18-6(2)12/h7-10,13-16H,3-4H2,1-2H3/t7-,8+,9-,10-/m0/s1. The van der Waals surface area contributed by atoms with E-state index in [-0.39, 0.29) is 0 Å². The Morgan fingerprint density at radius 1 is 0.833 bits per heavy atom. The molecule has 0 bridgehead atoms. The zero-order chi connectivity index (χ0) is 14.3. The first-order valence-corrected chi connectivity index (χ1v) is 5.24. The van der Waals surface area contributed by atoms with Crippen LogP contribution >= 0.6 is 0 Å². The summed E-state index contributed by atoms with van der Waals surface area (Å²) in [5, 5.41) is 37.6. The number of carbonyl (C=O) groups is 2. The molecule has 0 aromatic carbocycles. The van der Waals surface area contributed by atoms with E-state index in [0.29, 0.717) is 0 Å². The van der Waals surface area contributed by atoms with E-state index in [1.54, 1.807) is 0 Å². The van der Waals surface area contributed by atoms with Gasteiger partial charge >= 0.3 is 11.9 Å². The van der Waals surface area contributed by atoms with Gasteiger partial charge < -0.3 is 29.9 Å². The highest BCUT2D eigenvalue weighted by Crippen LogP contribution is 2.06. The van der Waals surface area contributed by atoms with Crippen molar-refractivity contribution >= 4 is 11.9 Å². The predicted octanol–water partition coefficient (Wildman–Crippen LogP) is -2.44. The molecule has 0 amide bonds. The molecule has 0 rings (SSSR count). The molecule has 106 valence electrons. The molecule has 4 atom stereocenters. The van der Waals surface area contributed by atoms with Gasteiger partial charge in [0.25, 0.3) is 0 Å². The fourth-order valence-electron chi connectivity index (χ4n) is 1.06. The maximum absolute atomic E-state index is 10.5. The second kappa shape index (κ2) is 7.98. The smallest absolute Gasteiger partial charge is 0.302 e. The number of hydrogen-bond acceptors (Lipinski definition) is 8. The Labute approximate surface area is 104 Å². The van der Waals surface area contributed by atoms with Gasteiger partial charge in [0, 0.05) is 13.8 Å². The Hall–Kier alpha value is -1.22. The first kappa shape index (κ1) is 16.8. The van der Waals surface area contributed by atoms with E-state index in [9.17, 15) is 30.0 Å². The van der Waals surface area contributed by atoms with Gasteiger partial charge in [-0.2, -0.15) is 0 Å². The van der Waals surface area contributed by atoms with Crippen LogP contribution in [0.25, 0.3) is 0 Å². The number of ether oxygens (including phenoxy) is 2. The Morgan fingerprint density at radius 3 is 1.33 bits per heavy atom. The highest BCUT2D eigenvalue weighted by molar-refractivity contribution is 5.66. The van der Waals surface area contributed by atoms with Crippen LogP contribution in [0.4, 0.5) is 0 Å². The second-order valence-corrected chi connectivity index (χ2v) is 3.72. The lowest BCUT2D eigenvalue weighted by molar-refractivity contribution is -0.160. The minimum atomic E-state index is -1.74. The van der Waals surface area contributed by atoms with Gasteiger partial charge in [0.15, 0.2) is 0 Å². The van der Waals surface area contributed by atoms with Gasteiger partial charge in [-0.25, -0.2) is 0 Å². The summed E-state index contributed by atoms with van der Waals surface area (Å²) < 4.78 is 8.85. The Kier molecular flexibility index (Phi) is 7.44. The summed E-state index contributed by atoms with van der Waals surface area (Å²) >= 11 is 0. The van der Waals surface area contributed by atoms with Crippen LogP contribution in [0, 0.1) is 0 Å². The number of esters is 2. The average Bonchev–Trinajstić information content (AvgIpc) is 2.30. The van der Waals surface area contributed by atoms with E-state index in [0.717, 1.165) is 13.8 Å². The van der Waals surface area contributed by atoms with Crippen molar-refractivity contribution < 1.29 is 39.5 Å². The van der Waals surface area contributed by atoms with E-state index in [2.05, 4.69) is 9.47 Å². The molecule has 0 fully saturated rings. The largest absolute Gasteiger partial charge is 0.463 e. The van der Waals surface area contributed by atoms with Crippen molar-refractivity contribution in [1.29, 1.82) is 0 Å². The summed E-state index contributed by atoms with van der Waals surface area (Å²) in [5.41, 5.74) is 0. The van der Waals surface area contributed by atoms with Crippen molar-refractivity contribution in [2.75, 3.05) is 13.2 Å². The maximum Gasteiger partial charge on any atom is 0.302 e. The monoisotopic (exact) mass is 266 g/mol. The fourth-order valence-corrected chi connectivity index (χ4v) is 1.06. The predicted molar refractivity (Wildman–Crippen MR) is 57.3 cm³/mol. The molecule has 0 aromatic heterocycles. The minimum Gasteiger partial charge on any atom is -0.463 e. The van der Waals surface area contributed by atoms with Crippen molar-refractivity contribution in [3.63, 3.8) is 0 Å². The van der Waals surface area contributed by atoms with Crippen LogP contribution in [0.3, 0.4) is 0 Å². The highest BCUT2D eigenvalue weighted by Gasteiger charge is 2.31. The summed E-state index contributed by atoms with van der Waals surface area (Å²) in [7, 11) is 0. The summed E-state index contributed by atoms with van der Waals surface area (Å²) in [6.45, 7) is 1.19. The van der Waals surface area contributed by atoms with Crippen molar-refractivity contribution in [1.82, 2.24) is 0 Å². The zero-order valence-corrected chi connectivity index (χ0v) is 10.1.